The number of benzene rings is 2. The van der Waals surface area contributed by atoms with E-state index in [4.69, 9.17) is 4.74 Å². The Morgan fingerprint density at radius 3 is 2.38 bits per heavy atom. The van der Waals surface area contributed by atoms with Crippen LogP contribution in [0.15, 0.2) is 48.5 Å². The van der Waals surface area contributed by atoms with Gasteiger partial charge in [-0.05, 0) is 61.2 Å². The molecule has 3 rings (SSSR count). The van der Waals surface area contributed by atoms with Gasteiger partial charge >= 0.3 is 0 Å². The molecule has 0 spiro atoms. The first-order valence-electron chi connectivity index (χ1n) is 9.07. The van der Waals surface area contributed by atoms with E-state index in [1.807, 2.05) is 29.2 Å². The maximum absolute atomic E-state index is 13.0. The lowest BCUT2D eigenvalue weighted by Gasteiger charge is -2.33. The average Bonchev–Trinajstić information content (AvgIpc) is 2.69. The van der Waals surface area contributed by atoms with E-state index in [1.54, 1.807) is 19.2 Å². The molecule has 0 atom stereocenters. The Labute approximate surface area is 154 Å². The summed E-state index contributed by atoms with van der Waals surface area (Å²) in [4.78, 5) is 14.4. The second-order valence-corrected chi connectivity index (χ2v) is 6.65. The van der Waals surface area contributed by atoms with Crippen LogP contribution in [0.2, 0.25) is 0 Å². The first-order valence-corrected chi connectivity index (χ1v) is 9.07. The number of methoxy groups -OCH3 is 1. The number of carbonyl (C=O) groups excluding carboxylic acids is 1. The largest absolute Gasteiger partial charge is 0.497 e. The number of ether oxygens (including phenoxy) is 1. The third-order valence-electron chi connectivity index (χ3n) is 4.85. The first kappa shape index (κ1) is 18.2. The standard InChI is InChI=1S/C21H25FN2O2/c1-26-20-9-2-16(3-10-20)4-11-21(25)24-14-12-19(13-15-24)23-18-7-5-17(22)6-8-18/h2-3,5-10,19,23H,4,11-15H2,1H3. The Kier molecular flexibility index (Phi) is 6.10. The smallest absolute Gasteiger partial charge is 0.222 e. The zero-order valence-corrected chi connectivity index (χ0v) is 15.1. The molecule has 2 aromatic carbocycles. The minimum absolute atomic E-state index is 0.209. The number of nitrogens with one attached hydrogen (secondary N) is 1. The molecule has 1 N–H and O–H groups in total. The van der Waals surface area contributed by atoms with Crippen LogP contribution in [0.25, 0.3) is 0 Å². The molecule has 2 aromatic rings. The first-order chi connectivity index (χ1) is 12.6. The summed E-state index contributed by atoms with van der Waals surface area (Å²) < 4.78 is 18.1. The summed E-state index contributed by atoms with van der Waals surface area (Å²) in [6.45, 7) is 1.53. The molecule has 1 heterocycles. The van der Waals surface area contributed by atoms with E-state index in [1.165, 1.54) is 12.1 Å². The van der Waals surface area contributed by atoms with E-state index in [-0.39, 0.29) is 11.7 Å². The van der Waals surface area contributed by atoms with Crippen molar-refractivity contribution in [3.63, 3.8) is 0 Å². The van der Waals surface area contributed by atoms with Gasteiger partial charge < -0.3 is 15.0 Å². The molecule has 5 heteroatoms. The minimum atomic E-state index is -0.229. The van der Waals surface area contributed by atoms with Crippen molar-refractivity contribution in [2.24, 2.45) is 0 Å². The van der Waals surface area contributed by atoms with Gasteiger partial charge in [0.1, 0.15) is 11.6 Å². The van der Waals surface area contributed by atoms with E-state index in [0.29, 0.717) is 12.5 Å². The van der Waals surface area contributed by atoms with Crippen LogP contribution < -0.4 is 10.1 Å². The van der Waals surface area contributed by atoms with E-state index >= 15 is 0 Å². The van der Waals surface area contributed by atoms with Gasteiger partial charge in [-0.3, -0.25) is 4.79 Å². The van der Waals surface area contributed by atoms with Gasteiger partial charge in [-0.1, -0.05) is 12.1 Å². The average molecular weight is 356 g/mol. The summed E-state index contributed by atoms with van der Waals surface area (Å²) in [5.74, 6) is 0.810. The van der Waals surface area contributed by atoms with Crippen molar-refractivity contribution in [1.82, 2.24) is 4.90 Å². The normalized spacial score (nSPS) is 14.9. The van der Waals surface area contributed by atoms with Crippen LogP contribution in [0, 0.1) is 5.82 Å². The predicted molar refractivity (Wildman–Crippen MR) is 101 cm³/mol. The van der Waals surface area contributed by atoms with E-state index in [0.717, 1.165) is 49.4 Å². The van der Waals surface area contributed by atoms with Crippen molar-refractivity contribution in [3.05, 3.63) is 59.9 Å². The van der Waals surface area contributed by atoms with Crippen molar-refractivity contribution < 1.29 is 13.9 Å². The maximum Gasteiger partial charge on any atom is 0.222 e. The van der Waals surface area contributed by atoms with Crippen LogP contribution in [0.5, 0.6) is 5.75 Å². The predicted octanol–water partition coefficient (Wildman–Crippen LogP) is 3.87. The van der Waals surface area contributed by atoms with Crippen LogP contribution in [0.4, 0.5) is 10.1 Å². The highest BCUT2D eigenvalue weighted by molar-refractivity contribution is 5.76. The second-order valence-electron chi connectivity index (χ2n) is 6.65. The molecule has 0 aromatic heterocycles. The fourth-order valence-electron chi connectivity index (χ4n) is 3.26. The summed E-state index contributed by atoms with van der Waals surface area (Å²) in [6, 6.07) is 14.6. The van der Waals surface area contributed by atoms with Crippen molar-refractivity contribution in [2.45, 2.75) is 31.7 Å². The number of hydrogen-bond donors (Lipinski definition) is 1. The zero-order valence-electron chi connectivity index (χ0n) is 15.1. The van der Waals surface area contributed by atoms with E-state index < -0.39 is 0 Å². The Balaban J connectivity index is 1.42. The lowest BCUT2D eigenvalue weighted by atomic mass is 10.0. The van der Waals surface area contributed by atoms with Crippen LogP contribution in [-0.2, 0) is 11.2 Å². The highest BCUT2D eigenvalue weighted by Gasteiger charge is 2.22. The number of carbonyl (C=O) groups is 1. The molecule has 1 amide bonds. The minimum Gasteiger partial charge on any atom is -0.497 e. The van der Waals surface area contributed by atoms with Gasteiger partial charge in [-0.25, -0.2) is 4.39 Å². The molecule has 1 aliphatic heterocycles. The van der Waals surface area contributed by atoms with Crippen LogP contribution >= 0.6 is 0 Å². The van der Waals surface area contributed by atoms with Gasteiger partial charge in [0.05, 0.1) is 7.11 Å². The number of rotatable bonds is 6. The van der Waals surface area contributed by atoms with E-state index in [9.17, 15) is 9.18 Å². The lowest BCUT2D eigenvalue weighted by Crippen LogP contribution is -2.42. The fraction of sp³-hybridized carbons (Fsp3) is 0.381. The molecule has 0 aliphatic carbocycles. The maximum atomic E-state index is 13.0. The van der Waals surface area contributed by atoms with Gasteiger partial charge in [0.15, 0.2) is 0 Å². The van der Waals surface area contributed by atoms with Crippen molar-refractivity contribution in [2.75, 3.05) is 25.5 Å². The number of hydrogen-bond acceptors (Lipinski definition) is 3. The number of amides is 1. The third kappa shape index (κ3) is 4.97. The summed E-state index contributed by atoms with van der Waals surface area (Å²) in [5.41, 5.74) is 2.07. The molecule has 1 saturated heterocycles. The number of halogens is 1. The lowest BCUT2D eigenvalue weighted by molar-refractivity contribution is -0.132. The molecular formula is C21H25FN2O2. The molecule has 4 nitrogen and oxygen atoms in total. The molecule has 0 saturated carbocycles. The molecule has 138 valence electrons. The van der Waals surface area contributed by atoms with Gasteiger partial charge in [-0.15, -0.1) is 0 Å². The van der Waals surface area contributed by atoms with Crippen LogP contribution in [-0.4, -0.2) is 37.0 Å². The summed E-state index contributed by atoms with van der Waals surface area (Å²) in [6.07, 6.45) is 3.09. The van der Waals surface area contributed by atoms with Gasteiger partial charge in [0.25, 0.3) is 0 Å². The summed E-state index contributed by atoms with van der Waals surface area (Å²) in [5, 5.41) is 3.42. The Hall–Kier alpha value is -2.56. The van der Waals surface area contributed by atoms with Gasteiger partial charge in [0.2, 0.25) is 5.91 Å². The van der Waals surface area contributed by atoms with Gasteiger partial charge in [-0.2, -0.15) is 0 Å². The second kappa shape index (κ2) is 8.70. The van der Waals surface area contributed by atoms with Crippen molar-refractivity contribution in [1.29, 1.82) is 0 Å². The number of nitrogens with zero attached hydrogens (tertiary/aromatic N) is 1. The fourth-order valence-corrected chi connectivity index (χ4v) is 3.26. The SMILES string of the molecule is COc1ccc(CCC(=O)N2CCC(Nc3ccc(F)cc3)CC2)cc1. The summed E-state index contributed by atoms with van der Waals surface area (Å²) in [7, 11) is 1.65. The molecule has 1 aliphatic rings. The molecule has 0 unspecified atom stereocenters. The van der Waals surface area contributed by atoms with Crippen molar-refractivity contribution in [3.8, 4) is 5.75 Å². The highest BCUT2D eigenvalue weighted by atomic mass is 19.1. The van der Waals surface area contributed by atoms with E-state index in [2.05, 4.69) is 5.32 Å². The molecule has 0 bridgehead atoms. The Morgan fingerprint density at radius 2 is 1.77 bits per heavy atom. The number of piperidine rings is 1. The molecule has 26 heavy (non-hydrogen) atoms. The third-order valence-corrected chi connectivity index (χ3v) is 4.85. The topological polar surface area (TPSA) is 41.6 Å². The van der Waals surface area contributed by atoms with Crippen LogP contribution in [0.1, 0.15) is 24.8 Å². The zero-order chi connectivity index (χ0) is 18.4. The molecule has 1 fully saturated rings. The Bertz CT molecular complexity index is 708. The number of aryl methyl sites for hydroxylation is 1. The monoisotopic (exact) mass is 356 g/mol. The number of anilines is 1. The molecular weight excluding hydrogens is 331 g/mol. The quantitative estimate of drug-likeness (QED) is 0.854. The summed E-state index contributed by atoms with van der Waals surface area (Å²) >= 11 is 0. The Morgan fingerprint density at radius 1 is 1.12 bits per heavy atom. The van der Waals surface area contributed by atoms with Crippen molar-refractivity contribution >= 4 is 11.6 Å². The van der Waals surface area contributed by atoms with Gasteiger partial charge in [0, 0.05) is 31.2 Å². The number of likely N-dealkylation sites (tertiary alicyclic amines) is 1. The van der Waals surface area contributed by atoms with Crippen LogP contribution in [0.3, 0.4) is 0 Å². The highest BCUT2D eigenvalue weighted by Crippen LogP contribution is 2.18. The molecule has 0 radical (unpaired) electrons.